The molecular formula is C15H23NSn. The molecule has 0 atom stereocenters. The van der Waals surface area contributed by atoms with Crippen molar-refractivity contribution in [3.63, 3.8) is 0 Å². The average Bonchev–Trinajstić information content (AvgIpc) is 2.27. The minimum atomic E-state index is -2.08. The summed E-state index contributed by atoms with van der Waals surface area (Å²) in [5.41, 5.74) is 1.16. The van der Waals surface area contributed by atoms with Crippen molar-refractivity contribution >= 4 is 18.4 Å². The SMILES string of the molecule is CN(C)CC[CH2][Sn]([CH3])([CH3])[C]#Cc1ccccc1. The van der Waals surface area contributed by atoms with E-state index in [1.54, 1.807) is 0 Å². The van der Waals surface area contributed by atoms with E-state index in [0.717, 1.165) is 5.56 Å². The van der Waals surface area contributed by atoms with Crippen LogP contribution >= 0.6 is 0 Å². The molecule has 92 valence electrons. The summed E-state index contributed by atoms with van der Waals surface area (Å²) in [7, 11) is 4.27. The molecule has 0 radical (unpaired) electrons. The third-order valence-corrected chi connectivity index (χ3v) is 9.59. The Labute approximate surface area is 110 Å². The van der Waals surface area contributed by atoms with E-state index in [9.17, 15) is 0 Å². The zero-order valence-electron chi connectivity index (χ0n) is 11.5. The summed E-state index contributed by atoms with van der Waals surface area (Å²) in [5.74, 6) is 3.35. The molecular weight excluding hydrogens is 313 g/mol. The second-order valence-corrected chi connectivity index (χ2v) is 18.3. The van der Waals surface area contributed by atoms with Crippen LogP contribution in [0.2, 0.25) is 14.3 Å². The summed E-state index contributed by atoms with van der Waals surface area (Å²) in [4.78, 5) is 7.12. The fourth-order valence-electron chi connectivity index (χ4n) is 1.66. The standard InChI is InChI=1S/C8H5.C5H12N.2CH3.Sn/c1-2-8-6-4-3-5-7-8;1-4-5-6(2)3;;;/h3-7H;1,4-5H2,2-3H3;2*1H3;. The van der Waals surface area contributed by atoms with Crippen molar-refractivity contribution in [3.05, 3.63) is 35.9 Å². The maximum atomic E-state index is 3.59. The van der Waals surface area contributed by atoms with Crippen LogP contribution in [0, 0.1) is 9.86 Å². The third-order valence-electron chi connectivity index (χ3n) is 2.73. The van der Waals surface area contributed by atoms with Gasteiger partial charge >= 0.3 is 110 Å². The molecule has 0 saturated heterocycles. The second kappa shape index (κ2) is 7.08. The van der Waals surface area contributed by atoms with Gasteiger partial charge in [0.1, 0.15) is 0 Å². The van der Waals surface area contributed by atoms with E-state index >= 15 is 0 Å². The second-order valence-electron chi connectivity index (χ2n) is 5.41. The first-order valence-electron chi connectivity index (χ1n) is 6.22. The molecule has 0 heterocycles. The van der Waals surface area contributed by atoms with Gasteiger partial charge in [-0.3, -0.25) is 0 Å². The fourth-order valence-corrected chi connectivity index (χ4v) is 6.37. The van der Waals surface area contributed by atoms with Gasteiger partial charge < -0.3 is 0 Å². The van der Waals surface area contributed by atoms with Crippen molar-refractivity contribution in [2.45, 2.75) is 20.7 Å². The Morgan fingerprint density at radius 3 is 2.35 bits per heavy atom. The van der Waals surface area contributed by atoms with Crippen LogP contribution in [-0.2, 0) is 0 Å². The summed E-state index contributed by atoms with van der Waals surface area (Å²) >= 11 is -2.08. The molecule has 0 N–H and O–H groups in total. The first-order chi connectivity index (χ1) is 7.99. The predicted octanol–water partition coefficient (Wildman–Crippen LogP) is 3.24. The molecule has 0 aliphatic carbocycles. The van der Waals surface area contributed by atoms with Crippen molar-refractivity contribution in [2.24, 2.45) is 0 Å². The van der Waals surface area contributed by atoms with Crippen LogP contribution in [0.4, 0.5) is 0 Å². The minimum absolute atomic E-state index is 1.16. The Hall–Kier alpha value is -0.461. The van der Waals surface area contributed by atoms with Gasteiger partial charge in [-0.2, -0.15) is 0 Å². The summed E-state index contributed by atoms with van der Waals surface area (Å²) < 4.78 is 4.94. The Morgan fingerprint density at radius 2 is 1.76 bits per heavy atom. The van der Waals surface area contributed by atoms with E-state index < -0.39 is 18.4 Å². The molecule has 0 spiro atoms. The van der Waals surface area contributed by atoms with E-state index in [-0.39, 0.29) is 0 Å². The van der Waals surface area contributed by atoms with Gasteiger partial charge in [0, 0.05) is 0 Å². The average molecular weight is 336 g/mol. The van der Waals surface area contributed by atoms with Gasteiger partial charge in [-0.25, -0.2) is 0 Å². The van der Waals surface area contributed by atoms with Crippen molar-refractivity contribution < 1.29 is 0 Å². The molecule has 0 aromatic heterocycles. The van der Waals surface area contributed by atoms with E-state index in [2.05, 4.69) is 63.0 Å². The van der Waals surface area contributed by atoms with Crippen molar-refractivity contribution in [3.8, 4) is 9.86 Å². The molecule has 2 heteroatoms. The van der Waals surface area contributed by atoms with E-state index in [1.807, 2.05) is 6.07 Å². The predicted molar refractivity (Wildman–Crippen MR) is 78.8 cm³/mol. The molecule has 0 amide bonds. The van der Waals surface area contributed by atoms with E-state index in [1.165, 1.54) is 17.4 Å². The maximum absolute atomic E-state index is 3.59. The molecule has 0 saturated carbocycles. The fraction of sp³-hybridized carbons (Fsp3) is 0.467. The molecule has 0 aliphatic rings. The van der Waals surface area contributed by atoms with Gasteiger partial charge in [0.25, 0.3) is 0 Å². The van der Waals surface area contributed by atoms with E-state index in [0.29, 0.717) is 0 Å². The molecule has 0 unspecified atom stereocenters. The monoisotopic (exact) mass is 337 g/mol. The molecule has 17 heavy (non-hydrogen) atoms. The molecule has 0 bridgehead atoms. The molecule has 1 aromatic rings. The van der Waals surface area contributed by atoms with Gasteiger partial charge in [-0.1, -0.05) is 0 Å². The van der Waals surface area contributed by atoms with Gasteiger partial charge in [0.15, 0.2) is 0 Å². The zero-order valence-corrected chi connectivity index (χ0v) is 14.3. The van der Waals surface area contributed by atoms with Crippen LogP contribution in [0.25, 0.3) is 0 Å². The zero-order chi connectivity index (χ0) is 12.7. The van der Waals surface area contributed by atoms with Gasteiger partial charge in [-0.05, 0) is 0 Å². The van der Waals surface area contributed by atoms with Crippen LogP contribution in [0.3, 0.4) is 0 Å². The Bertz CT molecular complexity index is 384. The van der Waals surface area contributed by atoms with Crippen molar-refractivity contribution in [1.29, 1.82) is 0 Å². The Balaban J connectivity index is 2.52. The first-order valence-corrected chi connectivity index (χ1v) is 15.4. The van der Waals surface area contributed by atoms with Crippen LogP contribution in [0.1, 0.15) is 12.0 Å². The molecule has 1 aromatic carbocycles. The van der Waals surface area contributed by atoms with Gasteiger partial charge in [-0.15, -0.1) is 0 Å². The molecule has 1 rings (SSSR count). The van der Waals surface area contributed by atoms with Crippen molar-refractivity contribution in [1.82, 2.24) is 4.90 Å². The van der Waals surface area contributed by atoms with Crippen LogP contribution < -0.4 is 0 Å². The summed E-state index contributed by atoms with van der Waals surface area (Å²) in [6.45, 7) is 1.19. The van der Waals surface area contributed by atoms with Gasteiger partial charge in [0.2, 0.25) is 0 Å². The quantitative estimate of drug-likeness (QED) is 0.603. The number of rotatable bonds is 4. The number of benzene rings is 1. The topological polar surface area (TPSA) is 3.24 Å². The first kappa shape index (κ1) is 14.6. The molecule has 1 nitrogen and oxygen atoms in total. The number of hydrogen-bond acceptors (Lipinski definition) is 1. The van der Waals surface area contributed by atoms with Crippen molar-refractivity contribution in [2.75, 3.05) is 20.6 Å². The van der Waals surface area contributed by atoms with Crippen LogP contribution in [0.15, 0.2) is 30.3 Å². The van der Waals surface area contributed by atoms with Crippen LogP contribution in [0.5, 0.6) is 0 Å². The van der Waals surface area contributed by atoms with E-state index in [4.69, 9.17) is 0 Å². The summed E-state index contributed by atoms with van der Waals surface area (Å²) in [5, 5.41) is 0. The third kappa shape index (κ3) is 6.75. The molecule has 0 aliphatic heterocycles. The summed E-state index contributed by atoms with van der Waals surface area (Å²) in [6, 6.07) is 10.3. The molecule has 0 fully saturated rings. The van der Waals surface area contributed by atoms with Gasteiger partial charge in [0.05, 0.1) is 0 Å². The van der Waals surface area contributed by atoms with Crippen LogP contribution in [-0.4, -0.2) is 43.9 Å². The summed E-state index contributed by atoms with van der Waals surface area (Å²) in [6.07, 6.45) is 1.29. The Morgan fingerprint density at radius 1 is 1.12 bits per heavy atom. The number of nitrogens with zero attached hydrogens (tertiary/aromatic N) is 1. The number of hydrogen-bond donors (Lipinski definition) is 0. The Kier molecular flexibility index (Phi) is 6.08. The normalized spacial score (nSPS) is 11.1.